The molecular weight excluding hydrogens is 339 g/mol. The van der Waals surface area contributed by atoms with Gasteiger partial charge in [-0.05, 0) is 18.2 Å². The molecule has 0 spiro atoms. The predicted octanol–water partition coefficient (Wildman–Crippen LogP) is 3.17. The maximum atomic E-state index is 6.13. The largest absolute Gasteiger partial charge is 0.374 e. The quantitative estimate of drug-likeness (QED) is 0.822. The summed E-state index contributed by atoms with van der Waals surface area (Å²) in [7, 11) is 0. The van der Waals surface area contributed by atoms with Gasteiger partial charge in [0.05, 0.1) is 17.7 Å². The van der Waals surface area contributed by atoms with E-state index in [4.69, 9.17) is 33.7 Å². The highest BCUT2D eigenvalue weighted by atomic mass is 35.5. The fourth-order valence-electron chi connectivity index (χ4n) is 2.00. The van der Waals surface area contributed by atoms with Gasteiger partial charge >= 0.3 is 0 Å². The zero-order valence-electron chi connectivity index (χ0n) is 11.1. The van der Waals surface area contributed by atoms with E-state index in [1.807, 2.05) is 18.2 Å². The van der Waals surface area contributed by atoms with Crippen LogP contribution in [0.1, 0.15) is 0 Å². The average Bonchev–Trinajstić information content (AvgIpc) is 2.43. The third-order valence-corrected chi connectivity index (χ3v) is 4.76. The maximum Gasteiger partial charge on any atom is 0.0824 e. The van der Waals surface area contributed by atoms with Gasteiger partial charge < -0.3 is 10.5 Å². The van der Waals surface area contributed by atoms with Crippen LogP contribution in [-0.4, -0.2) is 49.5 Å². The van der Waals surface area contributed by atoms with Crippen molar-refractivity contribution in [2.45, 2.75) is 11.0 Å². The van der Waals surface area contributed by atoms with Crippen molar-refractivity contribution in [3.8, 4) is 0 Å². The fourth-order valence-corrected chi connectivity index (χ4v) is 3.50. The Labute approximate surface area is 140 Å². The Kier molecular flexibility index (Phi) is 8.60. The Morgan fingerprint density at radius 1 is 1.40 bits per heavy atom. The lowest BCUT2D eigenvalue weighted by molar-refractivity contribution is -0.0208. The van der Waals surface area contributed by atoms with E-state index in [2.05, 4.69) is 4.90 Å². The van der Waals surface area contributed by atoms with Crippen molar-refractivity contribution in [1.82, 2.24) is 4.90 Å². The van der Waals surface area contributed by atoms with Gasteiger partial charge in [0.2, 0.25) is 0 Å². The van der Waals surface area contributed by atoms with Crippen molar-refractivity contribution in [2.24, 2.45) is 5.73 Å². The van der Waals surface area contributed by atoms with Crippen LogP contribution in [0.5, 0.6) is 0 Å². The Balaban J connectivity index is 0.00000200. The van der Waals surface area contributed by atoms with Crippen LogP contribution in [0.15, 0.2) is 23.1 Å². The Bertz CT molecular complexity index is 423. The highest BCUT2D eigenvalue weighted by Crippen LogP contribution is 2.29. The van der Waals surface area contributed by atoms with E-state index in [1.54, 1.807) is 11.8 Å². The minimum absolute atomic E-state index is 0. The fraction of sp³-hybridized carbons (Fsp3) is 0.538. The van der Waals surface area contributed by atoms with Crippen molar-refractivity contribution in [1.29, 1.82) is 0 Å². The van der Waals surface area contributed by atoms with E-state index in [1.165, 1.54) is 0 Å². The van der Waals surface area contributed by atoms with Gasteiger partial charge in [0.1, 0.15) is 0 Å². The summed E-state index contributed by atoms with van der Waals surface area (Å²) in [5.74, 6) is 0.983. The number of rotatable bonds is 5. The molecule has 2 rings (SSSR count). The minimum Gasteiger partial charge on any atom is -0.374 e. The number of hydrogen-bond donors (Lipinski definition) is 1. The molecule has 1 aliphatic heterocycles. The molecule has 2 N–H and O–H groups in total. The molecular formula is C13H19Cl3N2OS. The lowest BCUT2D eigenvalue weighted by atomic mass is 10.3. The molecule has 1 aromatic carbocycles. The van der Waals surface area contributed by atoms with Gasteiger partial charge in [-0.15, -0.1) is 24.2 Å². The molecule has 0 aliphatic carbocycles. The molecule has 0 bridgehead atoms. The Hall–Kier alpha value is 0.320. The lowest BCUT2D eigenvalue weighted by Crippen LogP contribution is -2.46. The van der Waals surface area contributed by atoms with Crippen molar-refractivity contribution < 1.29 is 4.74 Å². The third kappa shape index (κ3) is 5.60. The monoisotopic (exact) mass is 356 g/mol. The van der Waals surface area contributed by atoms with E-state index in [0.29, 0.717) is 6.54 Å². The number of morpholine rings is 1. The number of nitrogens with two attached hydrogens (primary N) is 1. The summed E-state index contributed by atoms with van der Waals surface area (Å²) in [6, 6.07) is 5.56. The first-order chi connectivity index (χ1) is 9.19. The van der Waals surface area contributed by atoms with Gasteiger partial charge in [0.25, 0.3) is 0 Å². The predicted molar refractivity (Wildman–Crippen MR) is 89.7 cm³/mol. The second kappa shape index (κ2) is 9.36. The zero-order chi connectivity index (χ0) is 13.7. The first-order valence-corrected chi connectivity index (χ1v) is 8.05. The van der Waals surface area contributed by atoms with E-state index < -0.39 is 0 Å². The molecule has 1 aromatic rings. The molecule has 0 saturated carbocycles. The molecule has 1 atom stereocenters. The highest BCUT2D eigenvalue weighted by molar-refractivity contribution is 7.99. The summed E-state index contributed by atoms with van der Waals surface area (Å²) < 4.78 is 5.54. The number of hydrogen-bond acceptors (Lipinski definition) is 4. The van der Waals surface area contributed by atoms with Crippen LogP contribution in [0.3, 0.4) is 0 Å². The number of benzene rings is 1. The van der Waals surface area contributed by atoms with Crippen LogP contribution < -0.4 is 5.73 Å². The average molecular weight is 358 g/mol. The van der Waals surface area contributed by atoms with E-state index >= 15 is 0 Å². The van der Waals surface area contributed by atoms with E-state index in [-0.39, 0.29) is 18.5 Å². The second-order valence-corrected chi connectivity index (χ2v) is 6.43. The first-order valence-electron chi connectivity index (χ1n) is 6.31. The summed E-state index contributed by atoms with van der Waals surface area (Å²) in [4.78, 5) is 3.42. The smallest absolute Gasteiger partial charge is 0.0824 e. The Morgan fingerprint density at radius 2 is 2.20 bits per heavy atom. The van der Waals surface area contributed by atoms with Crippen molar-refractivity contribution in [3.05, 3.63) is 28.2 Å². The molecule has 0 amide bonds. The zero-order valence-corrected chi connectivity index (χ0v) is 14.2. The normalized spacial score (nSPS) is 19.6. The topological polar surface area (TPSA) is 38.5 Å². The van der Waals surface area contributed by atoms with Crippen LogP contribution in [0, 0.1) is 0 Å². The van der Waals surface area contributed by atoms with Gasteiger partial charge in [-0.25, -0.2) is 0 Å². The number of thioether (sulfide) groups is 1. The SMILES string of the molecule is Cl.NCC1CN(CCSc2cc(Cl)ccc2Cl)CCO1. The summed E-state index contributed by atoms with van der Waals surface area (Å²) in [6.45, 7) is 4.25. The summed E-state index contributed by atoms with van der Waals surface area (Å²) in [5, 5.41) is 1.48. The molecule has 1 unspecified atom stereocenters. The molecule has 114 valence electrons. The molecule has 1 aliphatic rings. The van der Waals surface area contributed by atoms with Gasteiger partial charge in [-0.2, -0.15) is 0 Å². The summed E-state index contributed by atoms with van der Waals surface area (Å²) >= 11 is 13.8. The molecule has 7 heteroatoms. The van der Waals surface area contributed by atoms with Crippen LogP contribution in [0.2, 0.25) is 10.0 Å². The van der Waals surface area contributed by atoms with Crippen molar-refractivity contribution in [3.63, 3.8) is 0 Å². The van der Waals surface area contributed by atoms with Crippen LogP contribution >= 0.6 is 47.4 Å². The maximum absolute atomic E-state index is 6.13. The van der Waals surface area contributed by atoms with Gasteiger partial charge in [0.15, 0.2) is 0 Å². The first kappa shape index (κ1) is 18.4. The number of halogens is 3. The van der Waals surface area contributed by atoms with E-state index in [9.17, 15) is 0 Å². The number of ether oxygens (including phenoxy) is 1. The number of nitrogens with zero attached hydrogens (tertiary/aromatic N) is 1. The van der Waals surface area contributed by atoms with Crippen LogP contribution in [0.25, 0.3) is 0 Å². The molecule has 1 fully saturated rings. The van der Waals surface area contributed by atoms with Gasteiger partial charge in [-0.3, -0.25) is 4.90 Å². The molecule has 0 radical (unpaired) electrons. The molecule has 0 aromatic heterocycles. The molecule has 3 nitrogen and oxygen atoms in total. The summed E-state index contributed by atoms with van der Waals surface area (Å²) in [5.41, 5.74) is 5.63. The lowest BCUT2D eigenvalue weighted by Gasteiger charge is -2.32. The third-order valence-electron chi connectivity index (χ3n) is 3.04. The molecule has 20 heavy (non-hydrogen) atoms. The van der Waals surface area contributed by atoms with Gasteiger partial charge in [-0.1, -0.05) is 23.2 Å². The standard InChI is InChI=1S/C13H18Cl2N2OS.ClH/c14-10-1-2-12(15)13(7-10)19-6-4-17-3-5-18-11(8-16)9-17;/h1-2,7,11H,3-6,8-9,16H2;1H. The van der Waals surface area contributed by atoms with Crippen molar-refractivity contribution in [2.75, 3.05) is 38.5 Å². The van der Waals surface area contributed by atoms with Gasteiger partial charge in [0, 0.05) is 41.8 Å². The minimum atomic E-state index is 0. The van der Waals surface area contributed by atoms with Crippen LogP contribution in [-0.2, 0) is 4.74 Å². The van der Waals surface area contributed by atoms with E-state index in [0.717, 1.165) is 46.9 Å². The van der Waals surface area contributed by atoms with Crippen LogP contribution in [0.4, 0.5) is 0 Å². The Morgan fingerprint density at radius 3 is 2.95 bits per heavy atom. The molecule has 1 saturated heterocycles. The second-order valence-electron chi connectivity index (χ2n) is 4.45. The highest BCUT2D eigenvalue weighted by Gasteiger charge is 2.18. The van der Waals surface area contributed by atoms with Crippen molar-refractivity contribution >= 4 is 47.4 Å². The molecule has 1 heterocycles. The summed E-state index contributed by atoms with van der Waals surface area (Å²) in [6.07, 6.45) is 0.175.